The van der Waals surface area contributed by atoms with Crippen molar-refractivity contribution in [2.45, 2.75) is 10.6 Å². The number of benzene rings is 3. The van der Waals surface area contributed by atoms with E-state index in [-0.39, 0.29) is 18.4 Å². The lowest BCUT2D eigenvalue weighted by molar-refractivity contribution is -0.137. The molecule has 0 atom stereocenters. The normalized spacial score (nSPS) is 13.5. The maximum atomic E-state index is 12.4. The smallest absolute Gasteiger partial charge is 0.271 e. The minimum atomic E-state index is -0.287. The number of hydrazone groups is 1. The van der Waals surface area contributed by atoms with E-state index in [9.17, 15) is 9.59 Å². The quantitative estimate of drug-likeness (QED) is 0.251. The number of nitrogens with zero attached hydrogens (tertiary/aromatic N) is 2. The number of hydrogen-bond donors (Lipinski definition) is 1. The number of rotatable bonds is 9. The lowest BCUT2D eigenvalue weighted by Crippen LogP contribution is -2.42. The summed E-state index contributed by atoms with van der Waals surface area (Å²) in [6.07, 6.45) is 1.55. The molecule has 0 saturated carbocycles. The van der Waals surface area contributed by atoms with Crippen molar-refractivity contribution in [3.05, 3.63) is 94.5 Å². The zero-order valence-corrected chi connectivity index (χ0v) is 21.1. The third-order valence-electron chi connectivity index (χ3n) is 5.42. The van der Waals surface area contributed by atoms with Gasteiger partial charge in [-0.15, -0.1) is 11.8 Å². The number of nitrogens with one attached hydrogen (secondary N) is 1. The molecule has 7 nitrogen and oxygen atoms in total. The number of thioether (sulfide) groups is 1. The van der Waals surface area contributed by atoms with E-state index in [0.29, 0.717) is 37.6 Å². The molecule has 3 aromatic rings. The lowest BCUT2D eigenvalue weighted by atomic mass is 10.1. The van der Waals surface area contributed by atoms with Gasteiger partial charge in [-0.05, 0) is 71.8 Å². The fourth-order valence-corrected chi connectivity index (χ4v) is 4.36. The SMILES string of the molecule is O=C(NN=Cc1ccc(OCC(=O)N2CCOCC2)cc1)c1ccc(CSc2ccc(Cl)cc2)cc1. The summed E-state index contributed by atoms with van der Waals surface area (Å²) in [5, 5.41) is 4.75. The highest BCUT2D eigenvalue weighted by Crippen LogP contribution is 2.24. The van der Waals surface area contributed by atoms with Gasteiger partial charge in [0.15, 0.2) is 6.61 Å². The Morgan fingerprint density at radius 1 is 1.00 bits per heavy atom. The molecule has 1 heterocycles. The average Bonchev–Trinajstić information content (AvgIpc) is 2.93. The van der Waals surface area contributed by atoms with E-state index in [1.54, 1.807) is 59.3 Å². The third-order valence-corrected chi connectivity index (χ3v) is 6.76. The first kappa shape index (κ1) is 25.8. The molecule has 1 aliphatic heterocycles. The molecule has 1 N–H and O–H groups in total. The number of carbonyl (C=O) groups is 2. The van der Waals surface area contributed by atoms with E-state index < -0.39 is 0 Å². The second-order valence-electron chi connectivity index (χ2n) is 7.99. The molecule has 0 unspecified atom stereocenters. The zero-order chi connectivity index (χ0) is 25.2. The Balaban J connectivity index is 1.20. The molecule has 0 aliphatic carbocycles. The first-order valence-electron chi connectivity index (χ1n) is 11.5. The van der Waals surface area contributed by atoms with Crippen LogP contribution in [0.25, 0.3) is 0 Å². The predicted molar refractivity (Wildman–Crippen MR) is 142 cm³/mol. The largest absolute Gasteiger partial charge is 0.484 e. The Bertz CT molecular complexity index is 1180. The number of hydrogen-bond acceptors (Lipinski definition) is 6. The van der Waals surface area contributed by atoms with Gasteiger partial charge in [0.05, 0.1) is 19.4 Å². The predicted octanol–water partition coefficient (Wildman–Crippen LogP) is 4.63. The zero-order valence-electron chi connectivity index (χ0n) is 19.6. The van der Waals surface area contributed by atoms with Crippen LogP contribution < -0.4 is 10.2 Å². The van der Waals surface area contributed by atoms with E-state index in [4.69, 9.17) is 21.1 Å². The van der Waals surface area contributed by atoms with Crippen LogP contribution in [0.1, 0.15) is 21.5 Å². The molecular formula is C27H26ClN3O4S. The van der Waals surface area contributed by atoms with Crippen LogP contribution in [0.15, 0.2) is 82.8 Å². The summed E-state index contributed by atoms with van der Waals surface area (Å²) in [5.41, 5.74) is 4.97. The third kappa shape index (κ3) is 7.84. The Kier molecular flexibility index (Phi) is 9.38. The van der Waals surface area contributed by atoms with Gasteiger partial charge in [0.2, 0.25) is 0 Å². The number of ether oxygens (including phenoxy) is 2. The van der Waals surface area contributed by atoms with Crippen LogP contribution in [0.4, 0.5) is 0 Å². The molecule has 186 valence electrons. The van der Waals surface area contributed by atoms with Gasteiger partial charge in [0.1, 0.15) is 5.75 Å². The number of carbonyl (C=O) groups excluding carboxylic acids is 2. The van der Waals surface area contributed by atoms with Crippen molar-refractivity contribution >= 4 is 41.4 Å². The van der Waals surface area contributed by atoms with Crippen molar-refractivity contribution in [1.29, 1.82) is 0 Å². The maximum Gasteiger partial charge on any atom is 0.271 e. The number of morpholine rings is 1. The minimum absolute atomic E-state index is 0.0118. The van der Waals surface area contributed by atoms with Gasteiger partial charge in [0.25, 0.3) is 11.8 Å². The number of halogens is 1. The Labute approximate surface area is 219 Å². The van der Waals surface area contributed by atoms with Gasteiger partial charge in [0, 0.05) is 34.3 Å². The van der Waals surface area contributed by atoms with Crippen LogP contribution >= 0.6 is 23.4 Å². The topological polar surface area (TPSA) is 80.2 Å². The fraction of sp³-hybridized carbons (Fsp3) is 0.222. The van der Waals surface area contributed by atoms with Gasteiger partial charge in [-0.3, -0.25) is 9.59 Å². The standard InChI is InChI=1S/C27H26ClN3O4S/c28-23-7-11-25(12-8-23)36-19-21-1-5-22(6-2-21)27(33)30-29-17-20-3-9-24(10-4-20)35-18-26(32)31-13-15-34-16-14-31/h1-12,17H,13-16,18-19H2,(H,30,33). The van der Waals surface area contributed by atoms with Gasteiger partial charge >= 0.3 is 0 Å². The average molecular weight is 524 g/mol. The van der Waals surface area contributed by atoms with E-state index in [0.717, 1.165) is 26.8 Å². The van der Waals surface area contributed by atoms with Gasteiger partial charge in [-0.25, -0.2) is 5.43 Å². The Morgan fingerprint density at radius 2 is 1.69 bits per heavy atom. The molecule has 1 fully saturated rings. The lowest BCUT2D eigenvalue weighted by Gasteiger charge is -2.26. The number of amides is 2. The molecule has 4 rings (SSSR count). The highest BCUT2D eigenvalue weighted by molar-refractivity contribution is 7.98. The fourth-order valence-electron chi connectivity index (χ4n) is 3.38. The monoisotopic (exact) mass is 523 g/mol. The van der Waals surface area contributed by atoms with Gasteiger partial charge < -0.3 is 14.4 Å². The summed E-state index contributed by atoms with van der Waals surface area (Å²) in [6, 6.07) is 22.3. The molecule has 3 aromatic carbocycles. The molecular weight excluding hydrogens is 498 g/mol. The first-order chi connectivity index (χ1) is 17.6. The molecule has 0 radical (unpaired) electrons. The summed E-state index contributed by atoms with van der Waals surface area (Å²) in [5.74, 6) is 1.04. The van der Waals surface area contributed by atoms with Crippen LogP contribution in [-0.2, 0) is 15.3 Å². The Hall–Kier alpha value is -3.33. The highest BCUT2D eigenvalue weighted by atomic mass is 35.5. The summed E-state index contributed by atoms with van der Waals surface area (Å²) in [6.45, 7) is 2.30. The van der Waals surface area contributed by atoms with Gasteiger partial charge in [-0.1, -0.05) is 23.7 Å². The summed E-state index contributed by atoms with van der Waals surface area (Å²) < 4.78 is 10.8. The van der Waals surface area contributed by atoms with Crippen molar-refractivity contribution in [1.82, 2.24) is 10.3 Å². The molecule has 0 spiro atoms. The molecule has 9 heteroatoms. The van der Waals surface area contributed by atoms with Gasteiger partial charge in [-0.2, -0.15) is 5.10 Å². The van der Waals surface area contributed by atoms with E-state index in [1.165, 1.54) is 0 Å². The summed E-state index contributed by atoms with van der Waals surface area (Å²) in [7, 11) is 0. The van der Waals surface area contributed by atoms with Crippen molar-refractivity contribution in [3.63, 3.8) is 0 Å². The molecule has 1 saturated heterocycles. The van der Waals surface area contributed by atoms with Crippen LogP contribution in [0.2, 0.25) is 5.02 Å². The minimum Gasteiger partial charge on any atom is -0.484 e. The van der Waals surface area contributed by atoms with Crippen molar-refractivity contribution in [2.75, 3.05) is 32.9 Å². The van der Waals surface area contributed by atoms with Crippen LogP contribution in [-0.4, -0.2) is 55.8 Å². The van der Waals surface area contributed by atoms with Crippen LogP contribution in [0.3, 0.4) is 0 Å². The molecule has 1 aliphatic rings. The van der Waals surface area contributed by atoms with Crippen molar-refractivity contribution in [2.24, 2.45) is 5.10 Å². The molecule has 0 aromatic heterocycles. The summed E-state index contributed by atoms with van der Waals surface area (Å²) in [4.78, 5) is 27.4. The van der Waals surface area contributed by atoms with E-state index >= 15 is 0 Å². The first-order valence-corrected chi connectivity index (χ1v) is 12.8. The van der Waals surface area contributed by atoms with Crippen LogP contribution in [0.5, 0.6) is 5.75 Å². The second kappa shape index (κ2) is 13.1. The Morgan fingerprint density at radius 3 is 2.39 bits per heavy atom. The van der Waals surface area contributed by atoms with E-state index in [1.807, 2.05) is 36.4 Å². The second-order valence-corrected chi connectivity index (χ2v) is 9.47. The highest BCUT2D eigenvalue weighted by Gasteiger charge is 2.17. The molecule has 2 amide bonds. The molecule has 0 bridgehead atoms. The van der Waals surface area contributed by atoms with Crippen LogP contribution in [0, 0.1) is 0 Å². The summed E-state index contributed by atoms with van der Waals surface area (Å²) >= 11 is 7.62. The van der Waals surface area contributed by atoms with Crippen molar-refractivity contribution in [3.8, 4) is 5.75 Å². The van der Waals surface area contributed by atoms with E-state index in [2.05, 4.69) is 10.5 Å². The maximum absolute atomic E-state index is 12.4. The molecule has 36 heavy (non-hydrogen) atoms. The van der Waals surface area contributed by atoms with Crippen molar-refractivity contribution < 1.29 is 19.1 Å².